The minimum absolute atomic E-state index is 0.0116. The zero-order chi connectivity index (χ0) is 8.59. The number of aromatic amines is 1. The number of hydrogen-bond acceptors (Lipinski definition) is 1. The summed E-state index contributed by atoms with van der Waals surface area (Å²) < 4.78 is 2.23. The summed E-state index contributed by atoms with van der Waals surface area (Å²) in [6, 6.07) is 0.187. The van der Waals surface area contributed by atoms with E-state index in [0.717, 1.165) is 5.69 Å². The molecule has 0 saturated carbocycles. The minimum Gasteiger partial charge on any atom is -0.299 e. The fourth-order valence-electron chi connectivity index (χ4n) is 0.910. The van der Waals surface area contributed by atoms with Crippen LogP contribution in [0.15, 0.2) is 9.27 Å². The molecule has 0 aliphatic rings. The molecule has 0 aliphatic carbocycles. The Morgan fingerprint density at radius 1 is 1.55 bits per heavy atom. The SMILES string of the molecule is Cc1[nH]n(C(C)C)c(=O)c1Br. The first kappa shape index (κ1) is 8.59. The van der Waals surface area contributed by atoms with Crippen LogP contribution in [0.3, 0.4) is 0 Å². The van der Waals surface area contributed by atoms with Crippen LogP contribution in [-0.2, 0) is 0 Å². The van der Waals surface area contributed by atoms with Crippen molar-refractivity contribution in [3.05, 3.63) is 20.5 Å². The van der Waals surface area contributed by atoms with Gasteiger partial charge in [-0.05, 0) is 36.7 Å². The second-order valence-corrected chi connectivity index (χ2v) is 3.61. The molecule has 0 amide bonds. The Hall–Kier alpha value is -0.510. The molecule has 0 unspecified atom stereocenters. The lowest BCUT2D eigenvalue weighted by atomic mass is 10.4. The van der Waals surface area contributed by atoms with Crippen LogP contribution in [0.4, 0.5) is 0 Å². The maximum atomic E-state index is 11.3. The van der Waals surface area contributed by atoms with Gasteiger partial charge in [0.05, 0.1) is 0 Å². The summed E-state index contributed by atoms with van der Waals surface area (Å²) in [5, 5.41) is 2.97. The van der Waals surface area contributed by atoms with Crippen molar-refractivity contribution < 1.29 is 0 Å². The number of rotatable bonds is 1. The number of nitrogens with one attached hydrogen (secondary N) is 1. The summed E-state index contributed by atoms with van der Waals surface area (Å²) in [6.07, 6.45) is 0. The molecule has 0 bridgehead atoms. The molecule has 1 N–H and O–H groups in total. The van der Waals surface area contributed by atoms with Crippen molar-refractivity contribution in [3.8, 4) is 0 Å². The maximum absolute atomic E-state index is 11.3. The van der Waals surface area contributed by atoms with E-state index in [-0.39, 0.29) is 11.6 Å². The van der Waals surface area contributed by atoms with Crippen molar-refractivity contribution in [2.75, 3.05) is 0 Å². The molecule has 0 atom stereocenters. The lowest BCUT2D eigenvalue weighted by molar-refractivity contribution is 0.513. The normalized spacial score (nSPS) is 11.0. The quantitative estimate of drug-likeness (QED) is 0.768. The van der Waals surface area contributed by atoms with Gasteiger partial charge in [0.1, 0.15) is 4.47 Å². The number of halogens is 1. The zero-order valence-electron chi connectivity index (χ0n) is 6.81. The Balaban J connectivity index is 3.30. The van der Waals surface area contributed by atoms with Crippen molar-refractivity contribution in [2.45, 2.75) is 26.8 Å². The molecule has 3 nitrogen and oxygen atoms in total. The molecule has 0 aliphatic heterocycles. The van der Waals surface area contributed by atoms with Gasteiger partial charge in [-0.2, -0.15) is 0 Å². The van der Waals surface area contributed by atoms with E-state index >= 15 is 0 Å². The predicted molar refractivity (Wildman–Crippen MR) is 47.9 cm³/mol. The fraction of sp³-hybridized carbons (Fsp3) is 0.571. The summed E-state index contributed by atoms with van der Waals surface area (Å²) >= 11 is 3.20. The Labute approximate surface area is 73.5 Å². The standard InChI is InChI=1S/C7H11BrN2O/c1-4(2)10-7(11)6(8)5(3)9-10/h4,9H,1-3H3. The third-order valence-corrected chi connectivity index (χ3v) is 2.47. The number of H-pyrrole nitrogens is 1. The van der Waals surface area contributed by atoms with E-state index in [1.165, 1.54) is 0 Å². The molecule has 0 aromatic carbocycles. The average molecular weight is 219 g/mol. The smallest absolute Gasteiger partial charge is 0.281 e. The number of hydrogen-bond donors (Lipinski definition) is 1. The molecule has 0 fully saturated rings. The summed E-state index contributed by atoms with van der Waals surface area (Å²) in [4.78, 5) is 11.3. The molecular formula is C7H11BrN2O. The third-order valence-electron chi connectivity index (χ3n) is 1.54. The van der Waals surface area contributed by atoms with E-state index in [1.54, 1.807) is 4.68 Å². The maximum Gasteiger partial charge on any atom is 0.281 e. The van der Waals surface area contributed by atoms with Crippen molar-refractivity contribution in [1.82, 2.24) is 9.78 Å². The predicted octanol–water partition coefficient (Wildman–Crippen LogP) is 1.83. The first-order chi connectivity index (χ1) is 5.04. The highest BCUT2D eigenvalue weighted by molar-refractivity contribution is 9.10. The van der Waals surface area contributed by atoms with Gasteiger partial charge >= 0.3 is 0 Å². The zero-order valence-corrected chi connectivity index (χ0v) is 8.40. The largest absolute Gasteiger partial charge is 0.299 e. The Morgan fingerprint density at radius 2 is 2.09 bits per heavy atom. The molecule has 11 heavy (non-hydrogen) atoms. The topological polar surface area (TPSA) is 37.8 Å². The van der Waals surface area contributed by atoms with Crippen molar-refractivity contribution in [2.24, 2.45) is 0 Å². The van der Waals surface area contributed by atoms with E-state index in [1.807, 2.05) is 20.8 Å². The van der Waals surface area contributed by atoms with Gasteiger partial charge in [0.25, 0.3) is 5.56 Å². The average Bonchev–Trinajstić information content (AvgIpc) is 2.17. The highest BCUT2D eigenvalue weighted by Gasteiger charge is 2.08. The monoisotopic (exact) mass is 218 g/mol. The minimum atomic E-state index is 0.0116. The van der Waals surface area contributed by atoms with E-state index in [9.17, 15) is 4.79 Å². The molecule has 4 heteroatoms. The van der Waals surface area contributed by atoms with Crippen LogP contribution in [0.1, 0.15) is 25.6 Å². The van der Waals surface area contributed by atoms with Gasteiger partial charge in [-0.15, -0.1) is 0 Å². The van der Waals surface area contributed by atoms with Gasteiger partial charge < -0.3 is 0 Å². The molecule has 1 aromatic rings. The van der Waals surface area contributed by atoms with Crippen LogP contribution in [0, 0.1) is 6.92 Å². The highest BCUT2D eigenvalue weighted by atomic mass is 79.9. The molecule has 1 rings (SSSR count). The van der Waals surface area contributed by atoms with Gasteiger partial charge in [0.2, 0.25) is 0 Å². The lowest BCUT2D eigenvalue weighted by Crippen LogP contribution is -2.18. The van der Waals surface area contributed by atoms with Crippen molar-refractivity contribution >= 4 is 15.9 Å². The second kappa shape index (κ2) is 2.85. The van der Waals surface area contributed by atoms with Gasteiger partial charge in [-0.3, -0.25) is 9.89 Å². The fourth-order valence-corrected chi connectivity index (χ4v) is 1.19. The van der Waals surface area contributed by atoms with Crippen LogP contribution in [0.5, 0.6) is 0 Å². The first-order valence-corrected chi connectivity index (χ1v) is 4.30. The lowest BCUT2D eigenvalue weighted by Gasteiger charge is -2.03. The number of nitrogens with zero attached hydrogens (tertiary/aromatic N) is 1. The van der Waals surface area contributed by atoms with Crippen LogP contribution in [0.2, 0.25) is 0 Å². The summed E-state index contributed by atoms with van der Waals surface area (Å²) in [5.74, 6) is 0. The number of aryl methyl sites for hydroxylation is 1. The Morgan fingerprint density at radius 3 is 2.27 bits per heavy atom. The van der Waals surface area contributed by atoms with Gasteiger partial charge in [0.15, 0.2) is 0 Å². The Kier molecular flexibility index (Phi) is 2.23. The van der Waals surface area contributed by atoms with Crippen LogP contribution >= 0.6 is 15.9 Å². The van der Waals surface area contributed by atoms with E-state index in [2.05, 4.69) is 21.0 Å². The van der Waals surface area contributed by atoms with Crippen LogP contribution in [0.25, 0.3) is 0 Å². The number of aromatic nitrogens is 2. The molecule has 62 valence electrons. The second-order valence-electron chi connectivity index (χ2n) is 2.82. The van der Waals surface area contributed by atoms with Crippen LogP contribution in [-0.4, -0.2) is 9.78 Å². The van der Waals surface area contributed by atoms with Crippen molar-refractivity contribution in [1.29, 1.82) is 0 Å². The van der Waals surface area contributed by atoms with Gasteiger partial charge in [0, 0.05) is 11.7 Å². The molecule has 0 radical (unpaired) electrons. The third kappa shape index (κ3) is 1.40. The van der Waals surface area contributed by atoms with Crippen LogP contribution < -0.4 is 5.56 Å². The molecule has 0 spiro atoms. The molecule has 0 saturated heterocycles. The summed E-state index contributed by atoms with van der Waals surface area (Å²) in [7, 11) is 0. The molecular weight excluding hydrogens is 208 g/mol. The summed E-state index contributed by atoms with van der Waals surface area (Å²) in [6.45, 7) is 5.79. The van der Waals surface area contributed by atoms with E-state index in [4.69, 9.17) is 0 Å². The van der Waals surface area contributed by atoms with E-state index in [0.29, 0.717) is 4.47 Å². The summed E-state index contributed by atoms with van der Waals surface area (Å²) in [5.41, 5.74) is 0.890. The van der Waals surface area contributed by atoms with E-state index < -0.39 is 0 Å². The van der Waals surface area contributed by atoms with Crippen molar-refractivity contribution in [3.63, 3.8) is 0 Å². The molecule has 1 heterocycles. The highest BCUT2D eigenvalue weighted by Crippen LogP contribution is 2.09. The molecule has 1 aromatic heterocycles. The first-order valence-electron chi connectivity index (χ1n) is 3.50. The van der Waals surface area contributed by atoms with Gasteiger partial charge in [-0.1, -0.05) is 0 Å². The Bertz CT molecular complexity index is 311. The van der Waals surface area contributed by atoms with Gasteiger partial charge in [-0.25, -0.2) is 4.68 Å².